The van der Waals surface area contributed by atoms with E-state index < -0.39 is 0 Å². The summed E-state index contributed by atoms with van der Waals surface area (Å²) in [6, 6.07) is 7.55. The van der Waals surface area contributed by atoms with Crippen molar-refractivity contribution in [3.63, 3.8) is 0 Å². The van der Waals surface area contributed by atoms with Gasteiger partial charge in [0.05, 0.1) is 17.8 Å². The van der Waals surface area contributed by atoms with Gasteiger partial charge in [-0.05, 0) is 46.8 Å². The van der Waals surface area contributed by atoms with Crippen molar-refractivity contribution in [1.82, 2.24) is 20.3 Å². The van der Waals surface area contributed by atoms with Crippen LogP contribution in [0.5, 0.6) is 5.75 Å². The summed E-state index contributed by atoms with van der Waals surface area (Å²) < 4.78 is 13.0. The Balaban J connectivity index is 1.71. The van der Waals surface area contributed by atoms with Crippen molar-refractivity contribution in [2.75, 3.05) is 0 Å². The smallest absolute Gasteiger partial charge is 0.274 e. The van der Waals surface area contributed by atoms with E-state index >= 15 is 0 Å². The molecule has 0 aliphatic heterocycles. The van der Waals surface area contributed by atoms with Crippen molar-refractivity contribution in [1.29, 1.82) is 0 Å². The maximum atomic E-state index is 12.8. The van der Waals surface area contributed by atoms with E-state index in [0.717, 1.165) is 29.1 Å². The summed E-state index contributed by atoms with van der Waals surface area (Å²) in [6.45, 7) is 10.7. The number of aromatic nitrogens is 3. The number of nitrogens with one attached hydrogen (secondary N) is 1. The molecule has 148 valence electrons. The van der Waals surface area contributed by atoms with Gasteiger partial charge in [0.1, 0.15) is 18.1 Å². The highest BCUT2D eigenvalue weighted by molar-refractivity contribution is 5.94. The quantitative estimate of drug-likeness (QED) is 0.670. The van der Waals surface area contributed by atoms with Gasteiger partial charge in [0.2, 0.25) is 0 Å². The maximum absolute atomic E-state index is 12.8. The number of carbonyl (C=O) groups excluding carboxylic acids is 1. The Morgan fingerprint density at radius 1 is 1.25 bits per heavy atom. The Labute approximate surface area is 164 Å². The van der Waals surface area contributed by atoms with Crippen LogP contribution in [0.25, 0.3) is 0 Å². The van der Waals surface area contributed by atoms with Crippen LogP contribution >= 0.6 is 0 Å². The van der Waals surface area contributed by atoms with Crippen molar-refractivity contribution in [2.24, 2.45) is 0 Å². The zero-order chi connectivity index (χ0) is 20.3. The molecule has 3 aromatic rings. The highest BCUT2D eigenvalue weighted by Gasteiger charge is 2.23. The molecule has 7 nitrogen and oxygen atoms in total. The summed E-state index contributed by atoms with van der Waals surface area (Å²) in [7, 11) is 0. The highest BCUT2D eigenvalue weighted by atomic mass is 16.5. The van der Waals surface area contributed by atoms with Crippen molar-refractivity contribution in [3.05, 3.63) is 64.3 Å². The fraction of sp³-hybridized carbons (Fsp3) is 0.381. The van der Waals surface area contributed by atoms with Gasteiger partial charge in [0.15, 0.2) is 5.69 Å². The molecule has 3 rings (SSSR count). The molecule has 0 aliphatic rings. The third-order valence-electron chi connectivity index (χ3n) is 4.86. The van der Waals surface area contributed by atoms with Crippen LogP contribution in [0.4, 0.5) is 0 Å². The Bertz CT molecular complexity index is 957. The second-order valence-corrected chi connectivity index (χ2v) is 6.86. The molecule has 0 radical (unpaired) electrons. The minimum atomic E-state index is -0.296. The molecule has 1 N–H and O–H groups in total. The van der Waals surface area contributed by atoms with Crippen LogP contribution < -0.4 is 10.1 Å². The molecule has 0 saturated heterocycles. The second kappa shape index (κ2) is 8.29. The summed E-state index contributed by atoms with van der Waals surface area (Å²) in [4.78, 5) is 12.8. The molecule has 2 heterocycles. The first kappa shape index (κ1) is 19.7. The summed E-state index contributed by atoms with van der Waals surface area (Å²) in [5, 5.41) is 11.3. The lowest BCUT2D eigenvalue weighted by Crippen LogP contribution is -2.28. The molecule has 1 atom stereocenters. The van der Waals surface area contributed by atoms with Crippen LogP contribution in [0.3, 0.4) is 0 Å². The molecular weight excluding hydrogens is 356 g/mol. The van der Waals surface area contributed by atoms with Crippen molar-refractivity contribution in [3.8, 4) is 5.75 Å². The van der Waals surface area contributed by atoms with E-state index in [9.17, 15) is 4.79 Å². The van der Waals surface area contributed by atoms with Gasteiger partial charge >= 0.3 is 0 Å². The van der Waals surface area contributed by atoms with Crippen molar-refractivity contribution >= 4 is 5.91 Å². The summed E-state index contributed by atoms with van der Waals surface area (Å²) in [6.07, 6.45) is 1.79. The summed E-state index contributed by atoms with van der Waals surface area (Å²) in [5.41, 5.74) is 4.06. The number of rotatable bonds is 7. The van der Waals surface area contributed by atoms with Crippen LogP contribution in [0, 0.1) is 20.8 Å². The molecule has 1 amide bonds. The molecule has 0 aliphatic carbocycles. The van der Waals surface area contributed by atoms with E-state index in [0.29, 0.717) is 11.3 Å². The standard InChI is InChI=1S/C21H26N4O3/c1-6-25-15(4)18(11-22-25)14(3)23-21(26)20-19(16(5)28-24-20)12-27-17-9-7-13(2)8-10-17/h7-11,14H,6,12H2,1-5H3,(H,23,26). The van der Waals surface area contributed by atoms with Crippen LogP contribution in [0.15, 0.2) is 35.0 Å². The van der Waals surface area contributed by atoms with Crippen LogP contribution in [0.2, 0.25) is 0 Å². The largest absolute Gasteiger partial charge is 0.489 e. The topological polar surface area (TPSA) is 82.2 Å². The van der Waals surface area contributed by atoms with Crippen LogP contribution in [0.1, 0.15) is 58.5 Å². The van der Waals surface area contributed by atoms with Crippen molar-refractivity contribution in [2.45, 2.75) is 53.8 Å². The van der Waals surface area contributed by atoms with Gasteiger partial charge in [0.25, 0.3) is 5.91 Å². The van der Waals surface area contributed by atoms with Crippen LogP contribution in [-0.2, 0) is 13.2 Å². The van der Waals surface area contributed by atoms with Gasteiger partial charge < -0.3 is 14.6 Å². The number of hydrogen-bond donors (Lipinski definition) is 1. The van der Waals surface area contributed by atoms with Gasteiger partial charge in [-0.15, -0.1) is 0 Å². The SMILES string of the molecule is CCn1ncc(C(C)NC(=O)c2noc(C)c2COc2ccc(C)cc2)c1C. The molecule has 0 spiro atoms. The summed E-state index contributed by atoms with van der Waals surface area (Å²) in [5.74, 6) is 1.00. The third-order valence-corrected chi connectivity index (χ3v) is 4.86. The van der Waals surface area contributed by atoms with Crippen molar-refractivity contribution < 1.29 is 14.1 Å². The summed E-state index contributed by atoms with van der Waals surface area (Å²) >= 11 is 0. The predicted molar refractivity (Wildman–Crippen MR) is 105 cm³/mol. The molecule has 0 bridgehead atoms. The average molecular weight is 382 g/mol. The molecule has 28 heavy (non-hydrogen) atoms. The van der Waals surface area contributed by atoms with Gasteiger partial charge in [-0.1, -0.05) is 22.9 Å². The van der Waals surface area contributed by atoms with Crippen LogP contribution in [-0.4, -0.2) is 20.8 Å². The van der Waals surface area contributed by atoms with E-state index in [1.807, 2.05) is 56.6 Å². The molecule has 2 aromatic heterocycles. The number of ether oxygens (including phenoxy) is 1. The maximum Gasteiger partial charge on any atom is 0.274 e. The first-order valence-electron chi connectivity index (χ1n) is 9.38. The minimum Gasteiger partial charge on any atom is -0.489 e. The Morgan fingerprint density at radius 3 is 2.61 bits per heavy atom. The normalized spacial score (nSPS) is 12.0. The molecule has 1 aromatic carbocycles. The van der Waals surface area contributed by atoms with Gasteiger partial charge in [-0.2, -0.15) is 5.10 Å². The van der Waals surface area contributed by atoms with Gasteiger partial charge in [0, 0.05) is 17.8 Å². The Hall–Kier alpha value is -3.09. The third kappa shape index (κ3) is 4.08. The number of aryl methyl sites for hydroxylation is 3. The zero-order valence-corrected chi connectivity index (χ0v) is 16.9. The fourth-order valence-corrected chi connectivity index (χ4v) is 3.08. The number of nitrogens with zero attached hydrogens (tertiary/aromatic N) is 3. The lowest BCUT2D eigenvalue weighted by Gasteiger charge is -2.14. The van der Waals surface area contributed by atoms with Gasteiger partial charge in [-0.3, -0.25) is 9.48 Å². The first-order valence-corrected chi connectivity index (χ1v) is 9.38. The van der Waals surface area contributed by atoms with E-state index in [1.165, 1.54) is 0 Å². The highest BCUT2D eigenvalue weighted by Crippen LogP contribution is 2.21. The lowest BCUT2D eigenvalue weighted by molar-refractivity contribution is 0.0928. The number of carbonyl (C=O) groups is 1. The molecular formula is C21H26N4O3. The molecule has 0 fully saturated rings. The van der Waals surface area contributed by atoms with E-state index in [1.54, 1.807) is 13.1 Å². The number of benzene rings is 1. The van der Waals surface area contributed by atoms with E-state index in [2.05, 4.69) is 15.6 Å². The molecule has 7 heteroatoms. The zero-order valence-electron chi connectivity index (χ0n) is 16.9. The number of hydrogen-bond acceptors (Lipinski definition) is 5. The van der Waals surface area contributed by atoms with E-state index in [4.69, 9.17) is 9.26 Å². The first-order chi connectivity index (χ1) is 13.4. The monoisotopic (exact) mass is 382 g/mol. The molecule has 1 unspecified atom stereocenters. The Morgan fingerprint density at radius 2 is 1.96 bits per heavy atom. The molecule has 0 saturated carbocycles. The minimum absolute atomic E-state index is 0.198. The van der Waals surface area contributed by atoms with Gasteiger partial charge in [-0.25, -0.2) is 0 Å². The number of amides is 1. The predicted octanol–water partition coefficient (Wildman–Crippen LogP) is 3.89. The Kier molecular flexibility index (Phi) is 5.82. The second-order valence-electron chi connectivity index (χ2n) is 6.86. The van der Waals surface area contributed by atoms with E-state index in [-0.39, 0.29) is 24.2 Å². The lowest BCUT2D eigenvalue weighted by atomic mass is 10.1. The fourth-order valence-electron chi connectivity index (χ4n) is 3.08. The average Bonchev–Trinajstić information content (AvgIpc) is 3.23.